The van der Waals surface area contributed by atoms with E-state index >= 15 is 0 Å². The molecule has 21 heavy (non-hydrogen) atoms. The lowest BCUT2D eigenvalue weighted by Crippen LogP contribution is -2.13. The van der Waals surface area contributed by atoms with Gasteiger partial charge in [0.2, 0.25) is 0 Å². The second-order valence-corrected chi connectivity index (χ2v) is 4.96. The summed E-state index contributed by atoms with van der Waals surface area (Å²) in [6.07, 6.45) is 0. The first-order valence-electron chi connectivity index (χ1n) is 6.71. The van der Waals surface area contributed by atoms with Gasteiger partial charge in [0.15, 0.2) is 0 Å². The monoisotopic (exact) mass is 282 g/mol. The number of rotatable bonds is 5. The average molecular weight is 282 g/mol. The van der Waals surface area contributed by atoms with Crippen LogP contribution in [0.25, 0.3) is 0 Å². The van der Waals surface area contributed by atoms with Gasteiger partial charge >= 0.3 is 0 Å². The first-order chi connectivity index (χ1) is 10.1. The van der Waals surface area contributed by atoms with Gasteiger partial charge in [-0.15, -0.1) is 0 Å². The number of anilines is 2. The van der Waals surface area contributed by atoms with Gasteiger partial charge in [0.05, 0.1) is 11.6 Å². The molecule has 1 aromatic carbocycles. The molecule has 1 heterocycles. The number of benzene rings is 1. The van der Waals surface area contributed by atoms with Crippen LogP contribution in [0.1, 0.15) is 36.7 Å². The fraction of sp³-hybridized carbons (Fsp3) is 0.267. The molecule has 0 saturated heterocycles. The second-order valence-electron chi connectivity index (χ2n) is 4.96. The highest BCUT2D eigenvalue weighted by atomic mass is 15.3. The van der Waals surface area contributed by atoms with Gasteiger partial charge in [0, 0.05) is 18.5 Å². The molecule has 0 aliphatic carbocycles. The molecule has 0 unspecified atom stereocenters. The first kappa shape index (κ1) is 14.8. The third kappa shape index (κ3) is 3.91. The van der Waals surface area contributed by atoms with Crippen molar-refractivity contribution in [3.63, 3.8) is 0 Å². The quantitative estimate of drug-likeness (QED) is 0.575. The number of nitrogens with one attached hydrogen (secondary N) is 2. The zero-order valence-electron chi connectivity index (χ0n) is 12.1. The molecule has 0 amide bonds. The van der Waals surface area contributed by atoms with Crippen LogP contribution >= 0.6 is 0 Å². The Hall–Kier alpha value is -2.65. The van der Waals surface area contributed by atoms with Crippen molar-refractivity contribution in [2.75, 3.05) is 10.7 Å². The molecule has 0 aliphatic rings. The largest absolute Gasteiger partial charge is 0.366 e. The molecule has 108 valence electrons. The molecule has 4 N–H and O–H groups in total. The zero-order chi connectivity index (χ0) is 15.2. The Bertz CT molecular complexity index is 642. The van der Waals surface area contributed by atoms with Crippen LogP contribution in [-0.2, 0) is 6.54 Å². The van der Waals surface area contributed by atoms with E-state index in [0.717, 1.165) is 11.4 Å². The summed E-state index contributed by atoms with van der Waals surface area (Å²) in [5.41, 5.74) is 4.27. The van der Waals surface area contributed by atoms with E-state index in [0.29, 0.717) is 23.7 Å². The Kier molecular flexibility index (Phi) is 4.69. The lowest BCUT2D eigenvalue weighted by Gasteiger charge is -2.11. The molecule has 0 fully saturated rings. The van der Waals surface area contributed by atoms with Crippen LogP contribution in [0.2, 0.25) is 0 Å². The minimum atomic E-state index is 0.216. The van der Waals surface area contributed by atoms with Gasteiger partial charge in [-0.1, -0.05) is 26.0 Å². The van der Waals surface area contributed by atoms with Crippen LogP contribution in [0.5, 0.6) is 0 Å². The fourth-order valence-corrected chi connectivity index (χ4v) is 1.78. The minimum absolute atomic E-state index is 0.216. The molecule has 6 nitrogen and oxygen atoms in total. The van der Waals surface area contributed by atoms with Gasteiger partial charge in [-0.2, -0.15) is 5.26 Å². The number of nitrogen functional groups attached to an aromatic ring is 1. The lowest BCUT2D eigenvalue weighted by atomic mass is 10.1. The Morgan fingerprint density at radius 2 is 1.86 bits per heavy atom. The average Bonchev–Trinajstić information content (AvgIpc) is 2.53. The lowest BCUT2D eigenvalue weighted by molar-refractivity contribution is 0.775. The summed E-state index contributed by atoms with van der Waals surface area (Å²) in [5, 5.41) is 12.0. The van der Waals surface area contributed by atoms with Crippen molar-refractivity contribution in [2.45, 2.75) is 26.3 Å². The topological polar surface area (TPSA) is 99.6 Å². The maximum absolute atomic E-state index is 8.78. The summed E-state index contributed by atoms with van der Waals surface area (Å²) >= 11 is 0. The Labute approximate surface area is 124 Å². The first-order valence-corrected chi connectivity index (χ1v) is 6.71. The van der Waals surface area contributed by atoms with E-state index in [9.17, 15) is 0 Å². The molecule has 0 atom stereocenters. The van der Waals surface area contributed by atoms with Crippen molar-refractivity contribution in [1.82, 2.24) is 9.97 Å². The van der Waals surface area contributed by atoms with Gasteiger partial charge in [-0.25, -0.2) is 15.8 Å². The molecule has 0 radical (unpaired) electrons. The molecule has 0 bridgehead atoms. The smallest absolute Gasteiger partial charge is 0.145 e. The van der Waals surface area contributed by atoms with E-state index in [4.69, 9.17) is 11.1 Å². The highest BCUT2D eigenvalue weighted by Gasteiger charge is 2.07. The minimum Gasteiger partial charge on any atom is -0.366 e. The summed E-state index contributed by atoms with van der Waals surface area (Å²) in [7, 11) is 0. The molecular weight excluding hydrogens is 264 g/mol. The van der Waals surface area contributed by atoms with Gasteiger partial charge in [0.1, 0.15) is 17.5 Å². The summed E-state index contributed by atoms with van der Waals surface area (Å²) in [6.45, 7) is 4.67. The highest BCUT2D eigenvalue weighted by molar-refractivity contribution is 5.47. The standard InChI is InChI=1S/C15H18N6/c1-10(2)15-19-13(7-14(20-15)21-17)18-9-12-5-3-11(8-16)4-6-12/h3-7,10H,9,17H2,1-2H3,(H2,18,19,20,21). The van der Waals surface area contributed by atoms with Gasteiger partial charge in [-0.3, -0.25) is 0 Å². The molecule has 2 rings (SSSR count). The van der Waals surface area contributed by atoms with Crippen molar-refractivity contribution < 1.29 is 0 Å². The maximum atomic E-state index is 8.78. The summed E-state index contributed by atoms with van der Waals surface area (Å²) in [6, 6.07) is 11.3. The van der Waals surface area contributed by atoms with E-state index in [1.807, 2.05) is 26.0 Å². The Morgan fingerprint density at radius 3 is 2.43 bits per heavy atom. The van der Waals surface area contributed by atoms with E-state index in [1.165, 1.54) is 0 Å². The van der Waals surface area contributed by atoms with Crippen LogP contribution in [-0.4, -0.2) is 9.97 Å². The van der Waals surface area contributed by atoms with Gasteiger partial charge < -0.3 is 10.7 Å². The molecule has 0 aliphatic heterocycles. The Balaban J connectivity index is 2.11. The van der Waals surface area contributed by atoms with Crippen molar-refractivity contribution in [3.8, 4) is 6.07 Å². The van der Waals surface area contributed by atoms with Crippen molar-refractivity contribution in [2.24, 2.45) is 5.84 Å². The van der Waals surface area contributed by atoms with Gasteiger partial charge in [-0.05, 0) is 17.7 Å². The predicted molar refractivity (Wildman–Crippen MR) is 82.4 cm³/mol. The molecular formula is C15H18N6. The molecule has 2 aromatic rings. The van der Waals surface area contributed by atoms with E-state index in [-0.39, 0.29) is 5.92 Å². The van der Waals surface area contributed by atoms with Crippen molar-refractivity contribution in [3.05, 3.63) is 47.3 Å². The van der Waals surface area contributed by atoms with E-state index in [2.05, 4.69) is 26.8 Å². The number of hydrogen-bond acceptors (Lipinski definition) is 6. The number of hydrazine groups is 1. The van der Waals surface area contributed by atoms with E-state index < -0.39 is 0 Å². The third-order valence-corrected chi connectivity index (χ3v) is 2.96. The number of nitrogens with zero attached hydrogens (tertiary/aromatic N) is 3. The normalized spacial score (nSPS) is 10.2. The SMILES string of the molecule is CC(C)c1nc(NN)cc(NCc2ccc(C#N)cc2)n1. The highest BCUT2D eigenvalue weighted by Crippen LogP contribution is 2.17. The molecule has 6 heteroatoms. The van der Waals surface area contributed by atoms with Crippen LogP contribution in [0, 0.1) is 11.3 Å². The maximum Gasteiger partial charge on any atom is 0.145 e. The van der Waals surface area contributed by atoms with Crippen LogP contribution < -0.4 is 16.6 Å². The van der Waals surface area contributed by atoms with Crippen LogP contribution in [0.3, 0.4) is 0 Å². The Morgan fingerprint density at radius 1 is 1.19 bits per heavy atom. The number of nitrogens with two attached hydrogens (primary N) is 1. The predicted octanol–water partition coefficient (Wildman–Crippen LogP) is 2.37. The molecule has 0 spiro atoms. The molecule has 1 aromatic heterocycles. The van der Waals surface area contributed by atoms with Crippen LogP contribution in [0.4, 0.5) is 11.6 Å². The van der Waals surface area contributed by atoms with E-state index in [1.54, 1.807) is 18.2 Å². The number of nitriles is 1. The summed E-state index contributed by atoms with van der Waals surface area (Å²) < 4.78 is 0. The summed E-state index contributed by atoms with van der Waals surface area (Å²) in [4.78, 5) is 8.77. The number of aromatic nitrogens is 2. The second kappa shape index (κ2) is 6.68. The third-order valence-electron chi connectivity index (χ3n) is 2.96. The fourth-order valence-electron chi connectivity index (χ4n) is 1.78. The zero-order valence-corrected chi connectivity index (χ0v) is 12.1. The van der Waals surface area contributed by atoms with Gasteiger partial charge in [0.25, 0.3) is 0 Å². The summed E-state index contributed by atoms with van der Waals surface area (Å²) in [5.74, 6) is 7.67. The van der Waals surface area contributed by atoms with Crippen molar-refractivity contribution in [1.29, 1.82) is 5.26 Å². The number of hydrogen-bond donors (Lipinski definition) is 3. The molecule has 0 saturated carbocycles. The van der Waals surface area contributed by atoms with Crippen molar-refractivity contribution >= 4 is 11.6 Å². The van der Waals surface area contributed by atoms with Crippen LogP contribution in [0.15, 0.2) is 30.3 Å².